The molecular weight excluding hydrogens is 417 g/mol. The second kappa shape index (κ2) is 9.18. The summed E-state index contributed by atoms with van der Waals surface area (Å²) in [4.78, 5) is 11.7. The van der Waals surface area contributed by atoms with Crippen molar-refractivity contribution in [2.75, 3.05) is 13.7 Å². The van der Waals surface area contributed by atoms with Crippen molar-refractivity contribution in [3.8, 4) is 16.2 Å². The number of hydrazone groups is 1. The number of methoxy groups -OCH3 is 1. The average Bonchev–Trinajstić information content (AvgIpc) is 3.01. The Labute approximate surface area is 169 Å². The molecule has 26 heavy (non-hydrogen) atoms. The fourth-order valence-electron chi connectivity index (χ4n) is 1.91. The number of hydrogen-bond donors (Lipinski definition) is 3. The van der Waals surface area contributed by atoms with Gasteiger partial charge in [0.1, 0.15) is 12.3 Å². The van der Waals surface area contributed by atoms with Crippen LogP contribution in [0.3, 0.4) is 0 Å². The number of nitrogens with one attached hydrogen (secondary N) is 2. The molecule has 2 rings (SSSR count). The number of aromatic hydroxyl groups is 1. The van der Waals surface area contributed by atoms with Gasteiger partial charge in [0, 0.05) is 5.38 Å². The third-order valence-electron chi connectivity index (χ3n) is 3.28. The minimum Gasteiger partial charge on any atom is -0.506 e. The number of thiophene rings is 1. The van der Waals surface area contributed by atoms with E-state index in [-0.39, 0.29) is 17.4 Å². The van der Waals surface area contributed by atoms with Crippen molar-refractivity contribution >= 4 is 63.5 Å². The highest BCUT2D eigenvalue weighted by Gasteiger charge is 2.15. The van der Waals surface area contributed by atoms with Gasteiger partial charge in [0.2, 0.25) is 0 Å². The maximum absolute atomic E-state index is 11.0. The number of rotatable bonds is 5. The summed E-state index contributed by atoms with van der Waals surface area (Å²) >= 11 is 18.3. The van der Waals surface area contributed by atoms with Gasteiger partial charge in [-0.15, -0.1) is 11.3 Å². The summed E-state index contributed by atoms with van der Waals surface area (Å²) in [5.74, 6) is -0.360. The number of hydrogen-bond acceptors (Lipinski definition) is 6. The molecule has 0 spiro atoms. The molecule has 0 radical (unpaired) electrons. The first-order valence-electron chi connectivity index (χ1n) is 7.24. The highest BCUT2D eigenvalue weighted by Crippen LogP contribution is 2.40. The van der Waals surface area contributed by atoms with Gasteiger partial charge in [-0.25, -0.2) is 0 Å². The fourth-order valence-corrected chi connectivity index (χ4v) is 3.33. The molecule has 3 N–H and O–H groups in total. The lowest BCUT2D eigenvalue weighted by Gasteiger charge is -2.07. The Hall–Kier alpha value is -1.87. The topological polar surface area (TPSA) is 83.0 Å². The normalized spacial score (nSPS) is 11.2. The van der Waals surface area contributed by atoms with E-state index in [0.29, 0.717) is 26.2 Å². The van der Waals surface area contributed by atoms with E-state index in [0.717, 1.165) is 5.56 Å². The molecule has 0 aliphatic rings. The quantitative estimate of drug-likeness (QED) is 0.289. The molecule has 0 saturated carbocycles. The SMILES string of the molecule is COC(=O)CNC(=S)NN=C(C)c1csc(-c2ccc(Cl)c(Cl)c2)c1O. The molecule has 1 aromatic heterocycles. The van der Waals surface area contributed by atoms with Crippen LogP contribution in [0.25, 0.3) is 10.4 Å². The van der Waals surface area contributed by atoms with Crippen molar-refractivity contribution in [2.24, 2.45) is 5.10 Å². The summed E-state index contributed by atoms with van der Waals surface area (Å²) in [6.45, 7) is 1.65. The van der Waals surface area contributed by atoms with Gasteiger partial charge in [-0.1, -0.05) is 29.3 Å². The number of esters is 1. The molecule has 0 aliphatic carbocycles. The van der Waals surface area contributed by atoms with Crippen LogP contribution in [0.15, 0.2) is 28.7 Å². The highest BCUT2D eigenvalue weighted by atomic mass is 35.5. The number of thiocarbonyl (C=S) groups is 1. The molecule has 0 saturated heterocycles. The van der Waals surface area contributed by atoms with Crippen molar-refractivity contribution in [1.29, 1.82) is 0 Å². The largest absolute Gasteiger partial charge is 0.506 e. The minimum absolute atomic E-state index is 0.0674. The first kappa shape index (κ1) is 20.4. The molecule has 1 heterocycles. The summed E-state index contributed by atoms with van der Waals surface area (Å²) < 4.78 is 4.50. The predicted octanol–water partition coefficient (Wildman–Crippen LogP) is 3.79. The average molecular weight is 432 g/mol. The lowest BCUT2D eigenvalue weighted by Crippen LogP contribution is -2.36. The third-order valence-corrected chi connectivity index (χ3v) is 5.28. The molecule has 6 nitrogen and oxygen atoms in total. The van der Waals surface area contributed by atoms with Gasteiger partial charge in [-0.3, -0.25) is 10.2 Å². The number of ether oxygens (including phenoxy) is 1. The molecule has 2 aromatic rings. The van der Waals surface area contributed by atoms with Crippen LogP contribution in [0.1, 0.15) is 12.5 Å². The van der Waals surface area contributed by atoms with E-state index in [9.17, 15) is 9.90 Å². The summed E-state index contributed by atoms with van der Waals surface area (Å²) in [5, 5.41) is 20.1. The van der Waals surface area contributed by atoms with Crippen molar-refractivity contribution in [3.05, 3.63) is 39.2 Å². The Morgan fingerprint density at radius 3 is 2.77 bits per heavy atom. The number of carbonyl (C=O) groups excluding carboxylic acids is 1. The van der Waals surface area contributed by atoms with Crippen LogP contribution in [-0.4, -0.2) is 35.6 Å². The third kappa shape index (κ3) is 5.07. The smallest absolute Gasteiger partial charge is 0.325 e. The van der Waals surface area contributed by atoms with Gasteiger partial charge >= 0.3 is 5.97 Å². The van der Waals surface area contributed by atoms with Crippen LogP contribution >= 0.6 is 46.8 Å². The number of carbonyl (C=O) groups is 1. The van der Waals surface area contributed by atoms with E-state index in [2.05, 4.69) is 20.6 Å². The van der Waals surface area contributed by atoms with E-state index in [1.165, 1.54) is 18.4 Å². The second-order valence-electron chi connectivity index (χ2n) is 5.02. The predicted molar refractivity (Wildman–Crippen MR) is 109 cm³/mol. The number of halogens is 2. The van der Waals surface area contributed by atoms with E-state index in [4.69, 9.17) is 35.4 Å². The fraction of sp³-hybridized carbons (Fsp3) is 0.188. The maximum Gasteiger partial charge on any atom is 0.325 e. The zero-order chi connectivity index (χ0) is 19.3. The van der Waals surface area contributed by atoms with Crippen LogP contribution in [0.4, 0.5) is 0 Å². The van der Waals surface area contributed by atoms with Crippen LogP contribution in [0, 0.1) is 0 Å². The van der Waals surface area contributed by atoms with Crippen LogP contribution in [0.5, 0.6) is 5.75 Å². The summed E-state index contributed by atoms with van der Waals surface area (Å²) in [5.41, 5.74) is 4.44. The standard InChI is InChI=1S/C16H15Cl2N3O3S2/c1-8(20-21-16(25)19-6-13(22)24-2)10-7-26-15(14(10)23)9-3-4-11(17)12(18)5-9/h3-5,7,23H,6H2,1-2H3,(H2,19,21,25). The van der Waals surface area contributed by atoms with E-state index in [1.54, 1.807) is 30.5 Å². The molecule has 0 fully saturated rings. The Morgan fingerprint density at radius 1 is 1.38 bits per heavy atom. The Balaban J connectivity index is 2.11. The van der Waals surface area contributed by atoms with Gasteiger partial charge in [0.25, 0.3) is 0 Å². The van der Waals surface area contributed by atoms with E-state index < -0.39 is 5.97 Å². The van der Waals surface area contributed by atoms with Gasteiger partial charge in [0.15, 0.2) is 5.11 Å². The van der Waals surface area contributed by atoms with E-state index in [1.807, 2.05) is 0 Å². The van der Waals surface area contributed by atoms with Gasteiger partial charge in [-0.2, -0.15) is 5.10 Å². The van der Waals surface area contributed by atoms with Gasteiger partial charge < -0.3 is 15.2 Å². The van der Waals surface area contributed by atoms with Crippen molar-refractivity contribution in [3.63, 3.8) is 0 Å². The monoisotopic (exact) mass is 431 g/mol. The van der Waals surface area contributed by atoms with Crippen molar-refractivity contribution < 1.29 is 14.6 Å². The lowest BCUT2D eigenvalue weighted by molar-refractivity contribution is -0.139. The molecule has 138 valence electrons. The number of nitrogens with zero attached hydrogens (tertiary/aromatic N) is 1. The van der Waals surface area contributed by atoms with Crippen molar-refractivity contribution in [1.82, 2.24) is 10.7 Å². The minimum atomic E-state index is -0.448. The Morgan fingerprint density at radius 2 is 2.12 bits per heavy atom. The molecule has 1 aromatic carbocycles. The molecular formula is C16H15Cl2N3O3S2. The zero-order valence-electron chi connectivity index (χ0n) is 13.8. The second-order valence-corrected chi connectivity index (χ2v) is 7.13. The Kier molecular flexibility index (Phi) is 7.22. The summed E-state index contributed by atoms with van der Waals surface area (Å²) in [7, 11) is 1.29. The Bertz CT molecular complexity index is 868. The van der Waals surface area contributed by atoms with Crippen LogP contribution < -0.4 is 10.7 Å². The summed E-state index contributed by atoms with van der Waals surface area (Å²) in [6, 6.07) is 5.14. The van der Waals surface area contributed by atoms with E-state index >= 15 is 0 Å². The molecule has 0 bridgehead atoms. The molecule has 10 heteroatoms. The van der Waals surface area contributed by atoms with Crippen LogP contribution in [0.2, 0.25) is 10.0 Å². The summed E-state index contributed by atoms with van der Waals surface area (Å²) in [6.07, 6.45) is 0. The highest BCUT2D eigenvalue weighted by molar-refractivity contribution is 7.80. The molecule has 0 atom stereocenters. The maximum atomic E-state index is 11.0. The van der Waals surface area contributed by atoms with Crippen molar-refractivity contribution in [2.45, 2.75) is 6.92 Å². The first-order valence-corrected chi connectivity index (χ1v) is 9.29. The molecule has 0 aliphatic heterocycles. The molecule has 0 amide bonds. The molecule has 0 unspecified atom stereocenters. The van der Waals surface area contributed by atoms with Gasteiger partial charge in [-0.05, 0) is 36.8 Å². The zero-order valence-corrected chi connectivity index (χ0v) is 16.9. The number of benzene rings is 1. The van der Waals surface area contributed by atoms with Gasteiger partial charge in [0.05, 0.1) is 33.3 Å². The van der Waals surface area contributed by atoms with Crippen LogP contribution in [-0.2, 0) is 9.53 Å². The first-order chi connectivity index (χ1) is 12.3. The lowest BCUT2D eigenvalue weighted by atomic mass is 10.1.